The van der Waals surface area contributed by atoms with Crippen molar-refractivity contribution in [2.45, 2.75) is 19.8 Å². The predicted octanol–water partition coefficient (Wildman–Crippen LogP) is 2.51. The van der Waals surface area contributed by atoms with Crippen molar-refractivity contribution in [1.29, 1.82) is 0 Å². The molecule has 4 nitrogen and oxygen atoms in total. The van der Waals surface area contributed by atoms with Crippen molar-refractivity contribution < 1.29 is 15.0 Å². The summed E-state index contributed by atoms with van der Waals surface area (Å²) in [5.74, 6) is 0.0477. The standard InChI is InChI=1S/C17H19NO3/c1-12(19)15-4-3-5-16(10-15)18(2)11-13-6-8-14(9-7-13)17(20)21/h3-10,17,20-21H,11H2,1-2H3. The Morgan fingerprint density at radius 2 is 1.81 bits per heavy atom. The van der Waals surface area contributed by atoms with Crippen LogP contribution in [-0.4, -0.2) is 23.0 Å². The number of hydrogen-bond acceptors (Lipinski definition) is 4. The molecule has 0 saturated carbocycles. The highest BCUT2D eigenvalue weighted by Crippen LogP contribution is 2.18. The van der Waals surface area contributed by atoms with E-state index in [4.69, 9.17) is 10.2 Å². The lowest BCUT2D eigenvalue weighted by molar-refractivity contribution is -0.0424. The van der Waals surface area contributed by atoms with E-state index in [0.717, 1.165) is 11.3 Å². The summed E-state index contributed by atoms with van der Waals surface area (Å²) in [6.07, 6.45) is -1.44. The minimum atomic E-state index is -1.44. The minimum Gasteiger partial charge on any atom is -0.370 e. The van der Waals surface area contributed by atoms with Gasteiger partial charge in [0.2, 0.25) is 0 Å². The summed E-state index contributed by atoms with van der Waals surface area (Å²) < 4.78 is 0. The van der Waals surface area contributed by atoms with Crippen LogP contribution in [0.4, 0.5) is 5.69 Å². The molecular formula is C17H19NO3. The van der Waals surface area contributed by atoms with Crippen molar-refractivity contribution in [1.82, 2.24) is 0 Å². The van der Waals surface area contributed by atoms with Crippen molar-refractivity contribution in [3.63, 3.8) is 0 Å². The summed E-state index contributed by atoms with van der Waals surface area (Å²) in [5, 5.41) is 18.1. The number of aliphatic hydroxyl groups is 2. The fourth-order valence-corrected chi connectivity index (χ4v) is 2.12. The van der Waals surface area contributed by atoms with Gasteiger partial charge in [0.25, 0.3) is 0 Å². The average Bonchev–Trinajstić information content (AvgIpc) is 2.48. The molecule has 0 aliphatic rings. The first kappa shape index (κ1) is 15.2. The lowest BCUT2D eigenvalue weighted by Crippen LogP contribution is -2.16. The first-order valence-corrected chi connectivity index (χ1v) is 6.74. The highest BCUT2D eigenvalue weighted by molar-refractivity contribution is 5.94. The third-order valence-electron chi connectivity index (χ3n) is 3.39. The third kappa shape index (κ3) is 3.90. The van der Waals surface area contributed by atoms with Gasteiger partial charge in [0.05, 0.1) is 0 Å². The first-order chi connectivity index (χ1) is 9.97. The smallest absolute Gasteiger partial charge is 0.178 e. The maximum absolute atomic E-state index is 11.4. The van der Waals surface area contributed by atoms with Gasteiger partial charge in [-0.3, -0.25) is 4.79 Å². The van der Waals surface area contributed by atoms with Crippen LogP contribution in [0.15, 0.2) is 48.5 Å². The van der Waals surface area contributed by atoms with Crippen LogP contribution < -0.4 is 4.90 Å². The minimum absolute atomic E-state index is 0.0477. The molecule has 0 atom stereocenters. The zero-order valence-corrected chi connectivity index (χ0v) is 12.2. The molecule has 0 amide bonds. The number of hydrogen-bond donors (Lipinski definition) is 2. The molecule has 2 N–H and O–H groups in total. The maximum Gasteiger partial charge on any atom is 0.178 e. The number of benzene rings is 2. The summed E-state index contributed by atoms with van der Waals surface area (Å²) in [6, 6.07) is 14.6. The Balaban J connectivity index is 2.12. The van der Waals surface area contributed by atoms with Crippen LogP contribution in [0.2, 0.25) is 0 Å². The van der Waals surface area contributed by atoms with Gasteiger partial charge in [-0.05, 0) is 24.6 Å². The van der Waals surface area contributed by atoms with E-state index in [1.807, 2.05) is 42.3 Å². The van der Waals surface area contributed by atoms with Crippen LogP contribution in [0.25, 0.3) is 0 Å². The van der Waals surface area contributed by atoms with Crippen molar-refractivity contribution >= 4 is 11.5 Å². The molecule has 2 aromatic carbocycles. The zero-order valence-electron chi connectivity index (χ0n) is 12.2. The lowest BCUT2D eigenvalue weighted by Gasteiger charge is -2.20. The van der Waals surface area contributed by atoms with E-state index in [0.29, 0.717) is 17.7 Å². The Bertz CT molecular complexity index is 620. The number of aliphatic hydroxyl groups excluding tert-OH is 1. The van der Waals surface area contributed by atoms with Crippen LogP contribution in [-0.2, 0) is 6.54 Å². The fraction of sp³-hybridized carbons (Fsp3) is 0.235. The monoisotopic (exact) mass is 285 g/mol. The molecule has 0 spiro atoms. The average molecular weight is 285 g/mol. The molecule has 2 aromatic rings. The van der Waals surface area contributed by atoms with Gasteiger partial charge in [-0.1, -0.05) is 36.4 Å². The van der Waals surface area contributed by atoms with E-state index >= 15 is 0 Å². The Labute approximate surface area is 124 Å². The van der Waals surface area contributed by atoms with Gasteiger partial charge in [-0.25, -0.2) is 0 Å². The molecule has 0 radical (unpaired) electrons. The van der Waals surface area contributed by atoms with Gasteiger partial charge in [0.15, 0.2) is 12.1 Å². The topological polar surface area (TPSA) is 60.8 Å². The highest BCUT2D eigenvalue weighted by atomic mass is 16.5. The normalized spacial score (nSPS) is 10.7. The molecular weight excluding hydrogens is 266 g/mol. The number of ketones is 1. The molecule has 0 saturated heterocycles. The van der Waals surface area contributed by atoms with E-state index in [9.17, 15) is 4.79 Å². The van der Waals surface area contributed by atoms with E-state index in [2.05, 4.69) is 0 Å². The number of Topliss-reactive ketones (excluding diaryl/α,β-unsaturated/α-hetero) is 1. The molecule has 0 aliphatic heterocycles. The number of nitrogens with zero attached hydrogens (tertiary/aromatic N) is 1. The Morgan fingerprint density at radius 3 is 2.38 bits per heavy atom. The SMILES string of the molecule is CC(=O)c1cccc(N(C)Cc2ccc(C(O)O)cc2)c1. The summed E-state index contributed by atoms with van der Waals surface area (Å²) in [4.78, 5) is 13.5. The van der Waals surface area contributed by atoms with Crippen molar-refractivity contribution in [2.75, 3.05) is 11.9 Å². The van der Waals surface area contributed by atoms with Crippen molar-refractivity contribution in [2.24, 2.45) is 0 Å². The van der Waals surface area contributed by atoms with E-state index in [1.54, 1.807) is 25.1 Å². The number of rotatable bonds is 5. The second-order valence-electron chi connectivity index (χ2n) is 5.08. The van der Waals surface area contributed by atoms with Crippen LogP contribution in [0, 0.1) is 0 Å². The predicted molar refractivity (Wildman–Crippen MR) is 82.2 cm³/mol. The van der Waals surface area contributed by atoms with Crippen LogP contribution in [0.1, 0.15) is 34.7 Å². The second-order valence-corrected chi connectivity index (χ2v) is 5.08. The molecule has 4 heteroatoms. The Hall–Kier alpha value is -2.17. The summed E-state index contributed by atoms with van der Waals surface area (Å²) >= 11 is 0. The number of anilines is 1. The molecule has 0 unspecified atom stereocenters. The van der Waals surface area contributed by atoms with Crippen molar-refractivity contribution in [3.05, 3.63) is 65.2 Å². The van der Waals surface area contributed by atoms with Gasteiger partial charge in [-0.2, -0.15) is 0 Å². The molecule has 0 aliphatic carbocycles. The molecule has 110 valence electrons. The van der Waals surface area contributed by atoms with Gasteiger partial charge < -0.3 is 15.1 Å². The summed E-state index contributed by atoms with van der Waals surface area (Å²) in [6.45, 7) is 2.22. The molecule has 21 heavy (non-hydrogen) atoms. The summed E-state index contributed by atoms with van der Waals surface area (Å²) in [7, 11) is 1.95. The molecule has 2 rings (SSSR count). The van der Waals surface area contributed by atoms with Gasteiger partial charge >= 0.3 is 0 Å². The molecule has 0 heterocycles. The molecule has 0 bridgehead atoms. The second kappa shape index (κ2) is 6.52. The van der Waals surface area contributed by atoms with E-state index < -0.39 is 6.29 Å². The fourth-order valence-electron chi connectivity index (χ4n) is 2.12. The van der Waals surface area contributed by atoms with Crippen LogP contribution >= 0.6 is 0 Å². The summed E-state index contributed by atoms with van der Waals surface area (Å²) in [5.41, 5.74) is 3.18. The Kier molecular flexibility index (Phi) is 4.73. The lowest BCUT2D eigenvalue weighted by atomic mass is 10.1. The van der Waals surface area contributed by atoms with Gasteiger partial charge in [0.1, 0.15) is 0 Å². The third-order valence-corrected chi connectivity index (χ3v) is 3.39. The maximum atomic E-state index is 11.4. The van der Waals surface area contributed by atoms with Gasteiger partial charge in [-0.15, -0.1) is 0 Å². The molecule has 0 aromatic heterocycles. The number of carbonyl (C=O) groups is 1. The first-order valence-electron chi connectivity index (χ1n) is 6.74. The highest BCUT2D eigenvalue weighted by Gasteiger charge is 2.06. The van der Waals surface area contributed by atoms with E-state index in [-0.39, 0.29) is 5.78 Å². The van der Waals surface area contributed by atoms with Crippen LogP contribution in [0.5, 0.6) is 0 Å². The largest absolute Gasteiger partial charge is 0.370 e. The van der Waals surface area contributed by atoms with Crippen LogP contribution in [0.3, 0.4) is 0 Å². The number of carbonyl (C=O) groups excluding carboxylic acids is 1. The van der Waals surface area contributed by atoms with E-state index in [1.165, 1.54) is 0 Å². The quantitative estimate of drug-likeness (QED) is 0.654. The van der Waals surface area contributed by atoms with Gasteiger partial charge in [0, 0.05) is 30.4 Å². The van der Waals surface area contributed by atoms with Crippen molar-refractivity contribution in [3.8, 4) is 0 Å². The zero-order chi connectivity index (χ0) is 15.4. The Morgan fingerprint density at radius 1 is 1.14 bits per heavy atom. The molecule has 0 fully saturated rings.